The van der Waals surface area contributed by atoms with Crippen molar-refractivity contribution in [1.82, 2.24) is 4.90 Å². The summed E-state index contributed by atoms with van der Waals surface area (Å²) >= 11 is 0. The first-order valence-corrected chi connectivity index (χ1v) is 6.81. The summed E-state index contributed by atoms with van der Waals surface area (Å²) in [4.78, 5) is 24.9. The van der Waals surface area contributed by atoms with E-state index in [2.05, 4.69) is 5.32 Å². The number of hydrogen-bond acceptors (Lipinski definition) is 2. The third-order valence-corrected chi connectivity index (χ3v) is 3.31. The number of anilines is 1. The fourth-order valence-corrected chi connectivity index (χ4v) is 2.03. The molecule has 5 nitrogen and oxygen atoms in total. The molecule has 20 heavy (non-hydrogen) atoms. The summed E-state index contributed by atoms with van der Waals surface area (Å²) < 4.78 is 0. The average molecular weight is 278 g/mol. The van der Waals surface area contributed by atoms with Crippen molar-refractivity contribution < 1.29 is 14.7 Å². The molecule has 1 aromatic carbocycles. The number of carbonyl (C=O) groups is 2. The summed E-state index contributed by atoms with van der Waals surface area (Å²) in [7, 11) is 0. The Kier molecular flexibility index (Phi) is 5.55. The van der Waals surface area contributed by atoms with Crippen LogP contribution in [0.3, 0.4) is 0 Å². The molecule has 2 N–H and O–H groups in total. The molecule has 0 fully saturated rings. The number of rotatable bonds is 5. The number of carboxylic acid groups (broad SMARTS) is 1. The van der Waals surface area contributed by atoms with Gasteiger partial charge in [-0.15, -0.1) is 0 Å². The van der Waals surface area contributed by atoms with E-state index in [4.69, 9.17) is 5.11 Å². The Labute approximate surface area is 119 Å². The van der Waals surface area contributed by atoms with Crippen LogP contribution in [0.1, 0.15) is 41.8 Å². The van der Waals surface area contributed by atoms with E-state index in [1.54, 1.807) is 17.9 Å². The third-order valence-electron chi connectivity index (χ3n) is 3.31. The molecule has 5 heteroatoms. The van der Waals surface area contributed by atoms with Gasteiger partial charge in [0.25, 0.3) is 0 Å². The van der Waals surface area contributed by atoms with Crippen molar-refractivity contribution in [1.29, 1.82) is 0 Å². The van der Waals surface area contributed by atoms with Crippen molar-refractivity contribution in [2.24, 2.45) is 0 Å². The van der Waals surface area contributed by atoms with Crippen molar-refractivity contribution in [2.45, 2.75) is 34.1 Å². The molecular formula is C15H22N2O3. The van der Waals surface area contributed by atoms with Gasteiger partial charge in [0.1, 0.15) is 0 Å². The van der Waals surface area contributed by atoms with Crippen LogP contribution in [0.5, 0.6) is 0 Å². The zero-order valence-electron chi connectivity index (χ0n) is 12.5. The molecule has 0 unspecified atom stereocenters. The SMILES string of the molecule is CCCN(CC)C(=O)Nc1cc(C)c(C)c(C(=O)O)c1. The lowest BCUT2D eigenvalue weighted by Gasteiger charge is -2.21. The zero-order valence-corrected chi connectivity index (χ0v) is 12.5. The van der Waals surface area contributed by atoms with Crippen LogP contribution in [0.2, 0.25) is 0 Å². The van der Waals surface area contributed by atoms with Crippen LogP contribution < -0.4 is 5.32 Å². The Hall–Kier alpha value is -2.04. The first-order valence-electron chi connectivity index (χ1n) is 6.81. The van der Waals surface area contributed by atoms with Crippen molar-refractivity contribution in [3.63, 3.8) is 0 Å². The highest BCUT2D eigenvalue weighted by atomic mass is 16.4. The predicted octanol–water partition coefficient (Wildman–Crippen LogP) is 3.27. The molecule has 110 valence electrons. The Morgan fingerprint density at radius 2 is 1.90 bits per heavy atom. The minimum absolute atomic E-state index is 0.200. The van der Waals surface area contributed by atoms with Crippen LogP contribution in [-0.2, 0) is 0 Å². The van der Waals surface area contributed by atoms with E-state index in [-0.39, 0.29) is 11.6 Å². The van der Waals surface area contributed by atoms with Gasteiger partial charge in [0.05, 0.1) is 5.56 Å². The van der Waals surface area contributed by atoms with Gasteiger partial charge in [-0.1, -0.05) is 6.92 Å². The van der Waals surface area contributed by atoms with Crippen LogP contribution >= 0.6 is 0 Å². The Balaban J connectivity index is 2.98. The highest BCUT2D eigenvalue weighted by molar-refractivity contribution is 5.94. The number of aromatic carboxylic acids is 1. The quantitative estimate of drug-likeness (QED) is 0.868. The Morgan fingerprint density at radius 3 is 2.40 bits per heavy atom. The molecule has 2 amide bonds. The molecule has 0 radical (unpaired) electrons. The lowest BCUT2D eigenvalue weighted by Crippen LogP contribution is -2.35. The van der Waals surface area contributed by atoms with E-state index >= 15 is 0 Å². The van der Waals surface area contributed by atoms with Gasteiger partial charge < -0.3 is 15.3 Å². The van der Waals surface area contributed by atoms with Gasteiger partial charge in [-0.3, -0.25) is 0 Å². The van der Waals surface area contributed by atoms with Gasteiger partial charge in [-0.05, 0) is 50.5 Å². The number of benzene rings is 1. The van der Waals surface area contributed by atoms with Crippen LogP contribution in [0.15, 0.2) is 12.1 Å². The van der Waals surface area contributed by atoms with E-state index in [9.17, 15) is 9.59 Å². The molecule has 0 aliphatic rings. The first kappa shape index (κ1) is 16.0. The average Bonchev–Trinajstić information content (AvgIpc) is 2.39. The summed E-state index contributed by atoms with van der Waals surface area (Å²) in [5, 5.41) is 11.9. The van der Waals surface area contributed by atoms with Gasteiger partial charge in [0, 0.05) is 18.8 Å². The standard InChI is InChI=1S/C15H22N2O3/c1-5-7-17(6-2)15(20)16-12-8-10(3)11(4)13(9-12)14(18)19/h8-9H,5-7H2,1-4H3,(H,16,20)(H,18,19). The summed E-state index contributed by atoms with van der Waals surface area (Å²) in [6.45, 7) is 8.82. The van der Waals surface area contributed by atoms with E-state index in [0.717, 1.165) is 17.5 Å². The largest absolute Gasteiger partial charge is 0.478 e. The summed E-state index contributed by atoms with van der Waals surface area (Å²) in [6.07, 6.45) is 0.883. The lowest BCUT2D eigenvalue weighted by atomic mass is 10.0. The van der Waals surface area contributed by atoms with Crippen molar-refractivity contribution in [2.75, 3.05) is 18.4 Å². The lowest BCUT2D eigenvalue weighted by molar-refractivity contribution is 0.0696. The van der Waals surface area contributed by atoms with E-state index in [1.165, 1.54) is 6.07 Å². The van der Waals surface area contributed by atoms with Crippen LogP contribution in [0.25, 0.3) is 0 Å². The second kappa shape index (κ2) is 6.93. The second-order valence-corrected chi connectivity index (χ2v) is 4.78. The molecular weight excluding hydrogens is 256 g/mol. The number of hydrogen-bond donors (Lipinski definition) is 2. The topological polar surface area (TPSA) is 69.6 Å². The number of nitrogens with one attached hydrogen (secondary N) is 1. The van der Waals surface area contributed by atoms with Crippen LogP contribution in [-0.4, -0.2) is 35.1 Å². The molecule has 0 saturated heterocycles. The van der Waals surface area contributed by atoms with Gasteiger partial charge >= 0.3 is 12.0 Å². The third kappa shape index (κ3) is 3.73. The maximum Gasteiger partial charge on any atom is 0.336 e. The Bertz CT molecular complexity index is 512. The monoisotopic (exact) mass is 278 g/mol. The molecule has 0 aliphatic heterocycles. The van der Waals surface area contributed by atoms with Gasteiger partial charge in [-0.2, -0.15) is 0 Å². The maximum absolute atomic E-state index is 12.1. The zero-order chi connectivity index (χ0) is 15.3. The highest BCUT2D eigenvalue weighted by Crippen LogP contribution is 2.20. The Morgan fingerprint density at radius 1 is 1.25 bits per heavy atom. The van der Waals surface area contributed by atoms with Crippen LogP contribution in [0.4, 0.5) is 10.5 Å². The number of amides is 2. The van der Waals surface area contributed by atoms with Gasteiger partial charge in [-0.25, -0.2) is 9.59 Å². The summed E-state index contributed by atoms with van der Waals surface area (Å²) in [5.41, 5.74) is 2.30. The second-order valence-electron chi connectivity index (χ2n) is 4.78. The number of nitrogens with zero attached hydrogens (tertiary/aromatic N) is 1. The minimum Gasteiger partial charge on any atom is -0.478 e. The highest BCUT2D eigenvalue weighted by Gasteiger charge is 2.14. The fraction of sp³-hybridized carbons (Fsp3) is 0.467. The molecule has 0 saturated carbocycles. The van der Waals surface area contributed by atoms with Crippen molar-refractivity contribution in [3.05, 3.63) is 28.8 Å². The summed E-state index contributed by atoms with van der Waals surface area (Å²) in [5.74, 6) is -0.984. The molecule has 0 aromatic heterocycles. The minimum atomic E-state index is -0.984. The summed E-state index contributed by atoms with van der Waals surface area (Å²) in [6, 6.07) is 3.09. The molecule has 0 aliphatic carbocycles. The van der Waals surface area contributed by atoms with Crippen molar-refractivity contribution in [3.8, 4) is 0 Å². The van der Waals surface area contributed by atoms with E-state index in [1.807, 2.05) is 20.8 Å². The maximum atomic E-state index is 12.1. The van der Waals surface area contributed by atoms with E-state index in [0.29, 0.717) is 18.8 Å². The molecule has 0 atom stereocenters. The molecule has 0 heterocycles. The van der Waals surface area contributed by atoms with Gasteiger partial charge in [0.15, 0.2) is 0 Å². The first-order chi connectivity index (χ1) is 9.40. The molecule has 0 spiro atoms. The van der Waals surface area contributed by atoms with Gasteiger partial charge in [0.2, 0.25) is 0 Å². The number of carbonyl (C=O) groups excluding carboxylic acids is 1. The van der Waals surface area contributed by atoms with E-state index < -0.39 is 5.97 Å². The normalized spacial score (nSPS) is 10.2. The van der Waals surface area contributed by atoms with Crippen LogP contribution in [0, 0.1) is 13.8 Å². The fourth-order valence-electron chi connectivity index (χ4n) is 2.03. The predicted molar refractivity (Wildman–Crippen MR) is 79.4 cm³/mol. The molecule has 1 rings (SSSR count). The number of aryl methyl sites for hydroxylation is 1. The smallest absolute Gasteiger partial charge is 0.336 e. The number of carboxylic acids is 1. The molecule has 0 bridgehead atoms. The number of urea groups is 1. The molecule has 1 aromatic rings. The van der Waals surface area contributed by atoms with Crippen molar-refractivity contribution >= 4 is 17.7 Å².